The van der Waals surface area contributed by atoms with Crippen LogP contribution in [-0.4, -0.2) is 32.7 Å². The van der Waals surface area contributed by atoms with Crippen molar-refractivity contribution in [3.63, 3.8) is 0 Å². The predicted molar refractivity (Wildman–Crippen MR) is 113 cm³/mol. The zero-order valence-electron chi connectivity index (χ0n) is 17.7. The second kappa shape index (κ2) is 7.67. The lowest BCUT2D eigenvalue weighted by molar-refractivity contribution is 0.713. The molecule has 0 N–H and O–H groups in total. The lowest BCUT2D eigenvalue weighted by atomic mass is 9.97. The fraction of sp³-hybridized carbons (Fsp3) is 0.500. The fourth-order valence-electron chi connectivity index (χ4n) is 3.82. The van der Waals surface area contributed by atoms with Crippen molar-refractivity contribution in [3.8, 4) is 11.1 Å². The molecule has 0 atom stereocenters. The van der Waals surface area contributed by atoms with Crippen LogP contribution in [0.15, 0.2) is 12.3 Å². The lowest BCUT2D eigenvalue weighted by Crippen LogP contribution is -2.27. The molecule has 0 aliphatic rings. The molecule has 5 nitrogen and oxygen atoms in total. The zero-order chi connectivity index (χ0) is 19.7. The van der Waals surface area contributed by atoms with Crippen molar-refractivity contribution in [1.82, 2.24) is 19.6 Å². The summed E-state index contributed by atoms with van der Waals surface area (Å²) in [6.07, 6.45) is 4.16. The van der Waals surface area contributed by atoms with Gasteiger partial charge in [0.25, 0.3) is 0 Å². The molecule has 3 aromatic rings. The van der Waals surface area contributed by atoms with E-state index in [-0.39, 0.29) is 0 Å². The Hall–Kier alpha value is -2.43. The normalized spacial score (nSPS) is 11.4. The summed E-state index contributed by atoms with van der Waals surface area (Å²) in [6, 6.07) is 2.16. The average molecular weight is 366 g/mol. The Labute approximate surface area is 162 Å². The van der Waals surface area contributed by atoms with Gasteiger partial charge in [0.05, 0.1) is 11.3 Å². The monoisotopic (exact) mass is 365 g/mol. The number of pyridine rings is 1. The van der Waals surface area contributed by atoms with Gasteiger partial charge in [-0.2, -0.15) is 9.61 Å². The van der Waals surface area contributed by atoms with Gasteiger partial charge in [-0.15, -0.1) is 0 Å². The third-order valence-corrected chi connectivity index (χ3v) is 5.21. The number of nitrogens with zero attached hydrogens (tertiary/aromatic N) is 5. The highest BCUT2D eigenvalue weighted by Gasteiger charge is 2.21. The topological polar surface area (TPSA) is 46.3 Å². The molecule has 0 saturated carbocycles. The van der Waals surface area contributed by atoms with Crippen LogP contribution in [0.2, 0.25) is 0 Å². The standard InChI is InChI=1S/C22H31N5/c1-8-10-26(11-9-2)19-12-15(4)24-22-21(18(7)25-27(19)22)20-16(5)14(3)13-23-17(20)6/h12-13H,8-11H2,1-7H3. The summed E-state index contributed by atoms with van der Waals surface area (Å²) in [6.45, 7) is 17.0. The molecule has 0 unspecified atom stereocenters. The van der Waals surface area contributed by atoms with Crippen LogP contribution in [0.3, 0.4) is 0 Å². The van der Waals surface area contributed by atoms with Gasteiger partial charge < -0.3 is 4.90 Å². The van der Waals surface area contributed by atoms with Gasteiger partial charge in [0.1, 0.15) is 5.82 Å². The number of anilines is 1. The molecular weight excluding hydrogens is 334 g/mol. The molecule has 0 fully saturated rings. The maximum Gasteiger partial charge on any atom is 0.165 e. The van der Waals surface area contributed by atoms with Crippen LogP contribution in [0.25, 0.3) is 16.8 Å². The summed E-state index contributed by atoms with van der Waals surface area (Å²) >= 11 is 0. The Morgan fingerprint density at radius 2 is 1.59 bits per heavy atom. The minimum absolute atomic E-state index is 0.929. The van der Waals surface area contributed by atoms with Crippen molar-refractivity contribution in [3.05, 3.63) is 40.5 Å². The molecule has 0 radical (unpaired) electrons. The predicted octanol–water partition coefficient (Wildman–Crippen LogP) is 4.96. The molecule has 0 spiro atoms. The molecular formula is C22H31N5. The minimum Gasteiger partial charge on any atom is -0.356 e. The summed E-state index contributed by atoms with van der Waals surface area (Å²) in [5, 5.41) is 4.91. The van der Waals surface area contributed by atoms with Crippen LogP contribution in [0, 0.1) is 34.6 Å². The molecule has 5 heteroatoms. The van der Waals surface area contributed by atoms with Crippen LogP contribution in [0.5, 0.6) is 0 Å². The van der Waals surface area contributed by atoms with Crippen molar-refractivity contribution in [2.24, 2.45) is 0 Å². The fourth-order valence-corrected chi connectivity index (χ4v) is 3.82. The van der Waals surface area contributed by atoms with E-state index in [4.69, 9.17) is 10.1 Å². The van der Waals surface area contributed by atoms with Gasteiger partial charge in [0.15, 0.2) is 5.65 Å². The third-order valence-electron chi connectivity index (χ3n) is 5.21. The molecule has 0 aromatic carbocycles. The average Bonchev–Trinajstić information content (AvgIpc) is 2.94. The zero-order valence-corrected chi connectivity index (χ0v) is 17.7. The second-order valence-electron chi connectivity index (χ2n) is 7.47. The van der Waals surface area contributed by atoms with Crippen LogP contribution < -0.4 is 4.90 Å². The summed E-state index contributed by atoms with van der Waals surface area (Å²) < 4.78 is 2.03. The van der Waals surface area contributed by atoms with E-state index in [0.29, 0.717) is 0 Å². The highest BCUT2D eigenvalue weighted by atomic mass is 15.3. The van der Waals surface area contributed by atoms with Crippen molar-refractivity contribution in [1.29, 1.82) is 0 Å². The minimum atomic E-state index is 0.929. The Balaban J connectivity index is 2.32. The summed E-state index contributed by atoms with van der Waals surface area (Å²) in [4.78, 5) is 11.9. The first-order valence-electron chi connectivity index (χ1n) is 9.94. The van der Waals surface area contributed by atoms with Crippen LogP contribution in [-0.2, 0) is 0 Å². The van der Waals surface area contributed by atoms with Crippen LogP contribution in [0.4, 0.5) is 5.82 Å². The first-order valence-corrected chi connectivity index (χ1v) is 9.94. The first-order chi connectivity index (χ1) is 12.9. The van der Waals surface area contributed by atoms with Gasteiger partial charge in [-0.05, 0) is 58.6 Å². The SMILES string of the molecule is CCCN(CCC)c1cc(C)nc2c(-c3c(C)ncc(C)c3C)c(C)nn12. The summed E-state index contributed by atoms with van der Waals surface area (Å²) in [7, 11) is 0. The van der Waals surface area contributed by atoms with E-state index in [1.165, 1.54) is 16.7 Å². The van der Waals surface area contributed by atoms with Gasteiger partial charge in [0.2, 0.25) is 0 Å². The molecule has 27 heavy (non-hydrogen) atoms. The van der Waals surface area contributed by atoms with Gasteiger partial charge in [-0.1, -0.05) is 13.8 Å². The number of hydrogen-bond acceptors (Lipinski definition) is 4. The summed E-state index contributed by atoms with van der Waals surface area (Å²) in [5.74, 6) is 1.13. The van der Waals surface area contributed by atoms with Gasteiger partial charge >= 0.3 is 0 Å². The highest BCUT2D eigenvalue weighted by molar-refractivity contribution is 5.84. The van der Waals surface area contributed by atoms with E-state index in [0.717, 1.165) is 60.0 Å². The van der Waals surface area contributed by atoms with Gasteiger partial charge in [0, 0.05) is 42.3 Å². The maximum atomic E-state index is 4.91. The Kier molecular flexibility index (Phi) is 5.49. The van der Waals surface area contributed by atoms with E-state index in [1.54, 1.807) is 0 Å². The Morgan fingerprint density at radius 3 is 2.22 bits per heavy atom. The van der Waals surface area contributed by atoms with E-state index >= 15 is 0 Å². The van der Waals surface area contributed by atoms with Crippen molar-refractivity contribution < 1.29 is 0 Å². The van der Waals surface area contributed by atoms with E-state index in [9.17, 15) is 0 Å². The molecule has 3 rings (SSSR count). The molecule has 0 amide bonds. The summed E-state index contributed by atoms with van der Waals surface area (Å²) in [5.41, 5.74) is 8.71. The van der Waals surface area contributed by atoms with E-state index < -0.39 is 0 Å². The van der Waals surface area contributed by atoms with Gasteiger partial charge in [-0.3, -0.25) is 4.98 Å². The Bertz CT molecular complexity index is 965. The lowest BCUT2D eigenvalue weighted by Gasteiger charge is -2.24. The first kappa shape index (κ1) is 19.3. The van der Waals surface area contributed by atoms with Crippen molar-refractivity contribution >= 4 is 11.5 Å². The number of rotatable bonds is 6. The molecule has 3 aromatic heterocycles. The molecule has 0 saturated heterocycles. The molecule has 3 heterocycles. The molecule has 0 bridgehead atoms. The number of aromatic nitrogens is 4. The quantitative estimate of drug-likeness (QED) is 0.619. The third kappa shape index (κ3) is 3.43. The van der Waals surface area contributed by atoms with Gasteiger partial charge in [-0.25, -0.2) is 4.98 Å². The number of hydrogen-bond donors (Lipinski definition) is 0. The molecule has 144 valence electrons. The maximum absolute atomic E-state index is 4.91. The van der Waals surface area contributed by atoms with Crippen LogP contribution >= 0.6 is 0 Å². The van der Waals surface area contributed by atoms with Crippen molar-refractivity contribution in [2.45, 2.75) is 61.3 Å². The van der Waals surface area contributed by atoms with E-state index in [2.05, 4.69) is 64.4 Å². The largest absolute Gasteiger partial charge is 0.356 e. The smallest absolute Gasteiger partial charge is 0.165 e. The number of fused-ring (bicyclic) bond motifs is 1. The Morgan fingerprint density at radius 1 is 0.926 bits per heavy atom. The number of aryl methyl sites for hydroxylation is 4. The van der Waals surface area contributed by atoms with Crippen molar-refractivity contribution in [2.75, 3.05) is 18.0 Å². The highest BCUT2D eigenvalue weighted by Crippen LogP contribution is 2.34. The molecule has 0 aliphatic carbocycles. The van der Waals surface area contributed by atoms with E-state index in [1.807, 2.05) is 10.7 Å². The second-order valence-corrected chi connectivity index (χ2v) is 7.47. The molecule has 0 aliphatic heterocycles. The van der Waals surface area contributed by atoms with Crippen LogP contribution in [0.1, 0.15) is 54.9 Å².